The molecule has 4 aromatic rings. The number of aliphatic hydroxyl groups excluding tert-OH is 1. The van der Waals surface area contributed by atoms with E-state index in [0.29, 0.717) is 24.9 Å². The molecule has 246 valence electrons. The summed E-state index contributed by atoms with van der Waals surface area (Å²) in [6.07, 6.45) is 1.17. The number of carbonyl (C=O) groups is 2. The monoisotopic (exact) mass is 642 g/mol. The van der Waals surface area contributed by atoms with E-state index in [1.807, 2.05) is 0 Å². The highest BCUT2D eigenvalue weighted by Crippen LogP contribution is 2.34. The summed E-state index contributed by atoms with van der Waals surface area (Å²) in [6, 6.07) is 22.5. The number of hydrogen-bond acceptors (Lipinski definition) is 9. The highest BCUT2D eigenvalue weighted by Gasteiger charge is 2.32. The largest absolute Gasteiger partial charge is 0.508 e. The molecule has 0 aliphatic heterocycles. The van der Waals surface area contributed by atoms with E-state index in [9.17, 15) is 30.0 Å². The van der Waals surface area contributed by atoms with Crippen molar-refractivity contribution in [3.05, 3.63) is 113 Å². The summed E-state index contributed by atoms with van der Waals surface area (Å²) in [5, 5.41) is 45.9. The number of methoxy groups -OCH3 is 2. The Bertz CT molecular complexity index is 1670. The van der Waals surface area contributed by atoms with Gasteiger partial charge in [-0.25, -0.2) is 0 Å². The Kier molecular flexibility index (Phi) is 12.1. The summed E-state index contributed by atoms with van der Waals surface area (Å²) >= 11 is 0. The van der Waals surface area contributed by atoms with E-state index in [1.165, 1.54) is 38.5 Å². The van der Waals surface area contributed by atoms with Crippen LogP contribution in [0.4, 0.5) is 0 Å². The van der Waals surface area contributed by atoms with Crippen LogP contribution in [0.2, 0.25) is 0 Å². The predicted octanol–water partition coefficient (Wildman–Crippen LogP) is 4.03. The first-order valence-electron chi connectivity index (χ1n) is 14.9. The SMILES string of the molecule is COc1cc([C@@H](O)[C@@H](Oc2ccc(/C=C/C(=O)NCCc3ccc(O)cc3)cc2OC)C(=O)NCCc2ccc(O)cc2)ccc1O. The number of carbonyl (C=O) groups excluding carboxylic acids is 2. The lowest BCUT2D eigenvalue weighted by Gasteiger charge is -2.25. The van der Waals surface area contributed by atoms with Gasteiger partial charge in [-0.1, -0.05) is 36.4 Å². The van der Waals surface area contributed by atoms with Crippen molar-refractivity contribution in [1.29, 1.82) is 0 Å². The summed E-state index contributed by atoms with van der Waals surface area (Å²) in [5.41, 5.74) is 2.77. The standard InChI is InChI=1S/C36H38N2O9/c1-45-31-22-26(9-14-29(31)41)34(43)35(36(44)38-20-18-24-5-12-28(40)13-6-24)47-30-15-7-25(21-32(30)46-2)8-16-33(42)37-19-17-23-3-10-27(39)11-4-23/h3-16,21-22,34-35,39-41,43H,17-20H2,1-2H3,(H,37,42)(H,38,44)/b16-8+/t34-,35-/m1/s1. The Morgan fingerprint density at radius 1 is 0.723 bits per heavy atom. The van der Waals surface area contributed by atoms with Crippen molar-refractivity contribution >= 4 is 17.9 Å². The van der Waals surface area contributed by atoms with Crippen molar-refractivity contribution in [2.75, 3.05) is 27.3 Å². The third-order valence-corrected chi connectivity index (χ3v) is 7.26. The third-order valence-electron chi connectivity index (χ3n) is 7.26. The van der Waals surface area contributed by atoms with Crippen LogP contribution in [-0.4, -0.2) is 65.7 Å². The van der Waals surface area contributed by atoms with Gasteiger partial charge < -0.3 is 45.3 Å². The molecule has 4 rings (SSSR count). The summed E-state index contributed by atoms with van der Waals surface area (Å²) < 4.78 is 16.8. The molecule has 2 atom stereocenters. The molecule has 4 aromatic carbocycles. The fourth-order valence-corrected chi connectivity index (χ4v) is 4.65. The number of phenolic OH excluding ortho intramolecular Hbond substituents is 3. The zero-order valence-electron chi connectivity index (χ0n) is 26.1. The summed E-state index contributed by atoms with van der Waals surface area (Å²) in [5.74, 6) is -0.148. The van der Waals surface area contributed by atoms with E-state index in [1.54, 1.807) is 72.8 Å². The van der Waals surface area contributed by atoms with Gasteiger partial charge in [0.2, 0.25) is 12.0 Å². The quantitative estimate of drug-likeness (QED) is 0.105. The Hall–Kier alpha value is -5.68. The Morgan fingerprint density at radius 2 is 1.32 bits per heavy atom. The van der Waals surface area contributed by atoms with Crippen LogP contribution in [0.25, 0.3) is 6.08 Å². The molecule has 2 amide bonds. The van der Waals surface area contributed by atoms with E-state index in [0.717, 1.165) is 11.1 Å². The van der Waals surface area contributed by atoms with Crippen LogP contribution < -0.4 is 24.8 Å². The molecule has 0 radical (unpaired) electrons. The molecule has 11 heteroatoms. The maximum Gasteiger partial charge on any atom is 0.264 e. The fourth-order valence-electron chi connectivity index (χ4n) is 4.65. The van der Waals surface area contributed by atoms with Crippen molar-refractivity contribution in [3.8, 4) is 34.5 Å². The molecule has 0 aromatic heterocycles. The maximum absolute atomic E-state index is 13.4. The van der Waals surface area contributed by atoms with Crippen LogP contribution in [0.3, 0.4) is 0 Å². The molecular formula is C36H38N2O9. The molecule has 11 nitrogen and oxygen atoms in total. The number of amides is 2. The van der Waals surface area contributed by atoms with Crippen LogP contribution in [0.1, 0.15) is 28.4 Å². The second kappa shape index (κ2) is 16.6. The zero-order chi connectivity index (χ0) is 33.8. The molecule has 6 N–H and O–H groups in total. The molecule has 0 heterocycles. The minimum absolute atomic E-state index is 0.117. The van der Waals surface area contributed by atoms with Gasteiger partial charge in [0.25, 0.3) is 5.91 Å². The van der Waals surface area contributed by atoms with Crippen molar-refractivity contribution in [2.24, 2.45) is 0 Å². The molecule has 47 heavy (non-hydrogen) atoms. The normalized spacial score (nSPS) is 12.2. The molecular weight excluding hydrogens is 604 g/mol. The second-order valence-electron chi connectivity index (χ2n) is 10.6. The van der Waals surface area contributed by atoms with Crippen molar-refractivity contribution in [3.63, 3.8) is 0 Å². The van der Waals surface area contributed by atoms with Gasteiger partial charge in [-0.3, -0.25) is 9.59 Å². The number of aromatic hydroxyl groups is 3. The lowest BCUT2D eigenvalue weighted by molar-refractivity contribution is -0.133. The first-order chi connectivity index (χ1) is 22.7. The van der Waals surface area contributed by atoms with Crippen molar-refractivity contribution in [1.82, 2.24) is 10.6 Å². The number of phenols is 3. The fraction of sp³-hybridized carbons (Fsp3) is 0.222. The first kappa shape index (κ1) is 34.2. The molecule has 0 aliphatic carbocycles. The Balaban J connectivity index is 1.46. The highest BCUT2D eigenvalue weighted by molar-refractivity contribution is 5.91. The van der Waals surface area contributed by atoms with E-state index < -0.39 is 18.1 Å². The number of benzene rings is 4. The summed E-state index contributed by atoms with van der Waals surface area (Å²) in [6.45, 7) is 0.643. The lowest BCUT2D eigenvalue weighted by atomic mass is 10.0. The lowest BCUT2D eigenvalue weighted by Crippen LogP contribution is -2.43. The van der Waals surface area contributed by atoms with Gasteiger partial charge >= 0.3 is 0 Å². The smallest absolute Gasteiger partial charge is 0.264 e. The van der Waals surface area contributed by atoms with Gasteiger partial charge in [-0.2, -0.15) is 0 Å². The maximum atomic E-state index is 13.4. The second-order valence-corrected chi connectivity index (χ2v) is 10.6. The molecule has 0 spiro atoms. The average Bonchev–Trinajstić information content (AvgIpc) is 3.08. The Morgan fingerprint density at radius 3 is 1.91 bits per heavy atom. The Labute approximate surface area is 272 Å². The van der Waals surface area contributed by atoms with E-state index in [-0.39, 0.29) is 52.5 Å². The van der Waals surface area contributed by atoms with Crippen LogP contribution in [0.15, 0.2) is 91.0 Å². The number of ether oxygens (including phenoxy) is 3. The molecule has 0 bridgehead atoms. The first-order valence-corrected chi connectivity index (χ1v) is 14.9. The van der Waals surface area contributed by atoms with Gasteiger partial charge in [0, 0.05) is 19.2 Å². The van der Waals surface area contributed by atoms with Gasteiger partial charge in [0.1, 0.15) is 17.6 Å². The van der Waals surface area contributed by atoms with Crippen LogP contribution >= 0.6 is 0 Å². The highest BCUT2D eigenvalue weighted by atomic mass is 16.5. The molecule has 0 saturated heterocycles. The van der Waals surface area contributed by atoms with Gasteiger partial charge in [-0.15, -0.1) is 0 Å². The van der Waals surface area contributed by atoms with Crippen molar-refractivity contribution < 1.29 is 44.2 Å². The molecule has 0 unspecified atom stereocenters. The van der Waals surface area contributed by atoms with Crippen LogP contribution in [0, 0.1) is 0 Å². The van der Waals surface area contributed by atoms with E-state index in [4.69, 9.17) is 14.2 Å². The molecule has 0 saturated carbocycles. The zero-order valence-corrected chi connectivity index (χ0v) is 26.1. The minimum atomic E-state index is -1.47. The topological polar surface area (TPSA) is 167 Å². The van der Waals surface area contributed by atoms with E-state index >= 15 is 0 Å². The van der Waals surface area contributed by atoms with E-state index in [2.05, 4.69) is 10.6 Å². The minimum Gasteiger partial charge on any atom is -0.508 e. The van der Waals surface area contributed by atoms with Crippen LogP contribution in [0.5, 0.6) is 34.5 Å². The predicted molar refractivity (Wildman–Crippen MR) is 176 cm³/mol. The van der Waals surface area contributed by atoms with Gasteiger partial charge in [0.05, 0.1) is 14.2 Å². The van der Waals surface area contributed by atoms with Gasteiger partial charge in [0.15, 0.2) is 23.0 Å². The summed E-state index contributed by atoms with van der Waals surface area (Å²) in [7, 11) is 2.80. The molecule has 0 aliphatic rings. The third kappa shape index (κ3) is 9.90. The number of hydrogen-bond donors (Lipinski definition) is 6. The van der Waals surface area contributed by atoms with Crippen molar-refractivity contribution in [2.45, 2.75) is 25.0 Å². The molecule has 0 fully saturated rings. The number of nitrogens with one attached hydrogen (secondary N) is 2. The summed E-state index contributed by atoms with van der Waals surface area (Å²) in [4.78, 5) is 25.8. The van der Waals surface area contributed by atoms with Gasteiger partial charge in [-0.05, 0) is 89.7 Å². The number of aliphatic hydroxyl groups is 1. The number of rotatable bonds is 15. The average molecular weight is 643 g/mol. The van der Waals surface area contributed by atoms with Crippen LogP contribution in [-0.2, 0) is 22.4 Å².